The van der Waals surface area contributed by atoms with Crippen LogP contribution in [0.15, 0.2) is 41.3 Å². The molecule has 2 unspecified atom stereocenters. The van der Waals surface area contributed by atoms with E-state index >= 15 is 4.39 Å². The minimum atomic E-state index is -1.13. The second-order valence-corrected chi connectivity index (χ2v) is 12.1. The molecular weight excluding hydrogens is 556 g/mol. The van der Waals surface area contributed by atoms with Gasteiger partial charge in [-0.2, -0.15) is 19.7 Å². The third-order valence-corrected chi connectivity index (χ3v) is 9.48. The van der Waals surface area contributed by atoms with Gasteiger partial charge in [0.15, 0.2) is 11.6 Å². The predicted octanol–water partition coefficient (Wildman–Crippen LogP) is 3.04. The largest absolute Gasteiger partial charge is 0.508 e. The van der Waals surface area contributed by atoms with E-state index in [1.54, 1.807) is 0 Å². The predicted molar refractivity (Wildman–Crippen MR) is 156 cm³/mol. The van der Waals surface area contributed by atoms with Crippen LogP contribution in [0.5, 0.6) is 11.8 Å². The number of nitrogens with one attached hydrogen (secondary N) is 2. The average Bonchev–Trinajstić information content (AvgIpc) is 3.58. The SMILES string of the molecule is O=c1c2nc(OCC34CCCN3CCC4)nc(C3=CC4CNCC(C3)N4)c2cnn1-c1cc(O)cc2ccc(F)c(F)c12. The fourth-order valence-corrected chi connectivity index (χ4v) is 7.49. The molecule has 4 aliphatic heterocycles. The van der Waals surface area contributed by atoms with Crippen LogP contribution in [-0.4, -0.2) is 80.2 Å². The molecule has 10 nitrogen and oxygen atoms in total. The molecule has 2 atom stereocenters. The number of benzene rings is 2. The lowest BCUT2D eigenvalue weighted by molar-refractivity contribution is 0.107. The molecule has 8 rings (SSSR count). The maximum absolute atomic E-state index is 15.1. The van der Waals surface area contributed by atoms with Gasteiger partial charge in [0.05, 0.1) is 28.5 Å². The highest BCUT2D eigenvalue weighted by atomic mass is 19.2. The molecule has 43 heavy (non-hydrogen) atoms. The lowest BCUT2D eigenvalue weighted by Crippen LogP contribution is -2.56. The highest BCUT2D eigenvalue weighted by Crippen LogP contribution is 2.39. The molecule has 2 aromatic heterocycles. The van der Waals surface area contributed by atoms with Crippen molar-refractivity contribution in [1.82, 2.24) is 35.3 Å². The molecule has 3 fully saturated rings. The Balaban J connectivity index is 1.30. The van der Waals surface area contributed by atoms with Gasteiger partial charge in [-0.15, -0.1) is 0 Å². The van der Waals surface area contributed by atoms with Gasteiger partial charge in [-0.05, 0) is 68.3 Å². The number of phenols is 1. The molecule has 0 aliphatic carbocycles. The van der Waals surface area contributed by atoms with Crippen molar-refractivity contribution in [3.05, 3.63) is 64.2 Å². The number of aromatic hydroxyl groups is 1. The summed E-state index contributed by atoms with van der Waals surface area (Å²) in [7, 11) is 0. The number of piperazine rings is 1. The number of phenolic OH excluding ortho intramolecular Hbond substituents is 1. The third-order valence-electron chi connectivity index (χ3n) is 9.48. The lowest BCUT2D eigenvalue weighted by atomic mass is 9.92. The van der Waals surface area contributed by atoms with E-state index < -0.39 is 17.2 Å². The second-order valence-electron chi connectivity index (χ2n) is 12.1. The van der Waals surface area contributed by atoms with Crippen LogP contribution in [0, 0.1) is 11.6 Å². The van der Waals surface area contributed by atoms with Gasteiger partial charge in [-0.25, -0.2) is 8.78 Å². The molecule has 0 spiro atoms. The van der Waals surface area contributed by atoms with Crippen LogP contribution in [0.3, 0.4) is 0 Å². The van der Waals surface area contributed by atoms with Crippen molar-refractivity contribution in [3.8, 4) is 17.4 Å². The monoisotopic (exact) mass is 587 g/mol. The summed E-state index contributed by atoms with van der Waals surface area (Å²) in [5.41, 5.74) is 0.826. The van der Waals surface area contributed by atoms with Crippen LogP contribution in [0.4, 0.5) is 8.78 Å². The summed E-state index contributed by atoms with van der Waals surface area (Å²) in [6, 6.07) is 5.26. The summed E-state index contributed by atoms with van der Waals surface area (Å²) >= 11 is 0. The Morgan fingerprint density at radius 2 is 1.95 bits per heavy atom. The first-order chi connectivity index (χ1) is 20.9. The molecule has 2 aromatic carbocycles. The van der Waals surface area contributed by atoms with Crippen LogP contribution in [-0.2, 0) is 0 Å². The Morgan fingerprint density at radius 1 is 1.12 bits per heavy atom. The summed E-state index contributed by atoms with van der Waals surface area (Å²) in [4.78, 5) is 26.0. The molecule has 3 saturated heterocycles. The van der Waals surface area contributed by atoms with E-state index in [0.717, 1.165) is 68.2 Å². The van der Waals surface area contributed by atoms with Gasteiger partial charge in [-0.3, -0.25) is 9.69 Å². The van der Waals surface area contributed by atoms with E-state index in [1.807, 2.05) is 0 Å². The number of hydrogen-bond donors (Lipinski definition) is 3. The average molecular weight is 588 g/mol. The number of fused-ring (bicyclic) bond motifs is 5. The normalized spacial score (nSPS) is 23.1. The van der Waals surface area contributed by atoms with Crippen molar-refractivity contribution < 1.29 is 18.6 Å². The fourth-order valence-electron chi connectivity index (χ4n) is 7.49. The summed E-state index contributed by atoms with van der Waals surface area (Å²) in [5.74, 6) is -2.42. The van der Waals surface area contributed by atoms with Gasteiger partial charge in [0.25, 0.3) is 5.56 Å². The Labute approximate surface area is 245 Å². The first-order valence-electron chi connectivity index (χ1n) is 14.9. The van der Waals surface area contributed by atoms with Crippen LogP contribution >= 0.6 is 0 Å². The zero-order chi connectivity index (χ0) is 29.3. The molecular formula is C31H31F2N7O3. The molecule has 6 heterocycles. The minimum Gasteiger partial charge on any atom is -0.508 e. The van der Waals surface area contributed by atoms with Crippen molar-refractivity contribution in [2.45, 2.75) is 49.7 Å². The molecule has 0 radical (unpaired) electrons. The van der Waals surface area contributed by atoms with Crippen LogP contribution < -0.4 is 20.9 Å². The first kappa shape index (κ1) is 26.6. The highest BCUT2D eigenvalue weighted by Gasteiger charge is 2.45. The number of rotatable bonds is 5. The minimum absolute atomic E-state index is 0.0459. The van der Waals surface area contributed by atoms with Crippen molar-refractivity contribution in [2.24, 2.45) is 0 Å². The summed E-state index contributed by atoms with van der Waals surface area (Å²) < 4.78 is 36.7. The highest BCUT2D eigenvalue weighted by molar-refractivity contribution is 5.93. The molecule has 222 valence electrons. The third kappa shape index (κ3) is 4.38. The molecule has 3 N–H and O–H groups in total. The quantitative estimate of drug-likeness (QED) is 0.324. The molecule has 4 aliphatic rings. The van der Waals surface area contributed by atoms with Gasteiger partial charge in [0.2, 0.25) is 0 Å². The van der Waals surface area contributed by atoms with Gasteiger partial charge in [0, 0.05) is 36.6 Å². The molecule has 12 heteroatoms. The Morgan fingerprint density at radius 3 is 2.77 bits per heavy atom. The Bertz CT molecular complexity index is 1870. The van der Waals surface area contributed by atoms with E-state index in [9.17, 15) is 14.3 Å². The van der Waals surface area contributed by atoms with Gasteiger partial charge in [0.1, 0.15) is 17.9 Å². The molecule has 0 amide bonds. The smallest absolute Gasteiger partial charge is 0.317 e. The maximum atomic E-state index is 15.1. The topological polar surface area (TPSA) is 117 Å². The molecule has 4 aromatic rings. The van der Waals surface area contributed by atoms with Crippen molar-refractivity contribution in [3.63, 3.8) is 0 Å². The number of aromatic nitrogens is 4. The van der Waals surface area contributed by atoms with E-state index in [0.29, 0.717) is 24.1 Å². The zero-order valence-corrected chi connectivity index (χ0v) is 23.4. The number of halogens is 2. The molecule has 0 saturated carbocycles. The maximum Gasteiger partial charge on any atom is 0.317 e. The standard InChI is InChI=1S/C31H31F2N7O3/c32-23-4-3-17-11-21(41)12-24(25(17)26(23)33)40-29(42)28-22(15-35-40)27(18-9-19-13-34-14-20(10-18)36-19)37-30(38-28)43-16-31-5-1-7-39(31)8-2-6-31/h3-4,9,11-12,15,19-20,34,36,41H,1-2,5-8,10,13-14,16H2. The van der Waals surface area contributed by atoms with Crippen molar-refractivity contribution >= 4 is 27.2 Å². The van der Waals surface area contributed by atoms with E-state index in [2.05, 4.69) is 31.7 Å². The fraction of sp³-hybridized carbons (Fsp3) is 0.419. The molecule has 2 bridgehead atoms. The summed E-state index contributed by atoms with van der Waals surface area (Å²) in [5, 5.41) is 22.3. The first-order valence-corrected chi connectivity index (χ1v) is 14.9. The summed E-state index contributed by atoms with van der Waals surface area (Å²) in [6.07, 6.45) is 8.62. The number of hydrogen-bond acceptors (Lipinski definition) is 9. The van der Waals surface area contributed by atoms with Gasteiger partial charge in [-0.1, -0.05) is 12.1 Å². The summed E-state index contributed by atoms with van der Waals surface area (Å²) in [6.45, 7) is 4.12. The Kier molecular flexibility index (Phi) is 6.21. The van der Waals surface area contributed by atoms with Gasteiger partial charge >= 0.3 is 6.01 Å². The van der Waals surface area contributed by atoms with Crippen LogP contribution in [0.25, 0.3) is 32.9 Å². The van der Waals surface area contributed by atoms with E-state index in [4.69, 9.17) is 9.72 Å². The van der Waals surface area contributed by atoms with Gasteiger partial charge < -0.3 is 20.5 Å². The van der Waals surface area contributed by atoms with E-state index in [1.165, 1.54) is 24.4 Å². The lowest BCUT2D eigenvalue weighted by Gasteiger charge is -2.35. The van der Waals surface area contributed by atoms with Crippen molar-refractivity contribution in [1.29, 1.82) is 0 Å². The van der Waals surface area contributed by atoms with Crippen LogP contribution in [0.1, 0.15) is 37.8 Å². The van der Waals surface area contributed by atoms with Crippen molar-refractivity contribution in [2.75, 3.05) is 32.8 Å². The Hall–Kier alpha value is -4.00. The zero-order valence-electron chi connectivity index (χ0n) is 23.4. The van der Waals surface area contributed by atoms with E-state index in [-0.39, 0.29) is 51.4 Å². The number of ether oxygens (including phenoxy) is 1. The second kappa shape index (κ2) is 10.0. The number of nitrogens with zero attached hydrogens (tertiary/aromatic N) is 5. The van der Waals surface area contributed by atoms with Crippen LogP contribution in [0.2, 0.25) is 0 Å².